The number of amides is 1. The second-order valence-corrected chi connectivity index (χ2v) is 7.93. The zero-order valence-electron chi connectivity index (χ0n) is 16.0. The van der Waals surface area contributed by atoms with Crippen molar-refractivity contribution in [1.29, 1.82) is 0 Å². The summed E-state index contributed by atoms with van der Waals surface area (Å²) in [6, 6.07) is 7.11. The van der Waals surface area contributed by atoms with Gasteiger partial charge in [0, 0.05) is 51.4 Å². The van der Waals surface area contributed by atoms with Crippen molar-refractivity contribution in [3.63, 3.8) is 0 Å². The molecule has 1 aromatic carbocycles. The Morgan fingerprint density at radius 3 is 2.54 bits per heavy atom. The molecular weight excluding hydrogens is 331 g/mol. The molecule has 2 heterocycles. The van der Waals surface area contributed by atoms with E-state index in [0.29, 0.717) is 31.1 Å². The minimum atomic E-state index is -0.196. The molecule has 0 N–H and O–H groups in total. The fourth-order valence-electron chi connectivity index (χ4n) is 4.12. The van der Waals surface area contributed by atoms with Gasteiger partial charge in [0.05, 0.1) is 0 Å². The number of hydrogen-bond donors (Lipinski definition) is 0. The molecule has 0 radical (unpaired) electrons. The maximum absolute atomic E-state index is 13.2. The van der Waals surface area contributed by atoms with Gasteiger partial charge in [-0.05, 0) is 42.9 Å². The van der Waals surface area contributed by atoms with E-state index in [2.05, 4.69) is 23.6 Å². The normalized spacial score (nSPS) is 23.2. The van der Waals surface area contributed by atoms with E-state index in [9.17, 15) is 9.18 Å². The molecule has 0 unspecified atom stereocenters. The first kappa shape index (κ1) is 19.3. The molecule has 4 nitrogen and oxygen atoms in total. The second-order valence-electron chi connectivity index (χ2n) is 7.93. The summed E-state index contributed by atoms with van der Waals surface area (Å²) in [7, 11) is 0. The molecule has 2 aliphatic rings. The van der Waals surface area contributed by atoms with Gasteiger partial charge >= 0.3 is 0 Å². The lowest BCUT2D eigenvalue weighted by molar-refractivity contribution is -0.139. The Hall–Kier alpha value is -1.46. The summed E-state index contributed by atoms with van der Waals surface area (Å²) in [4.78, 5) is 17.5. The van der Waals surface area contributed by atoms with Crippen LogP contribution in [0.15, 0.2) is 24.3 Å². The third-order valence-electron chi connectivity index (χ3n) is 5.70. The van der Waals surface area contributed by atoms with Gasteiger partial charge in [0.25, 0.3) is 0 Å². The van der Waals surface area contributed by atoms with Crippen molar-refractivity contribution in [2.75, 3.05) is 32.8 Å². The van der Waals surface area contributed by atoms with Crippen LogP contribution in [0.5, 0.6) is 0 Å². The highest BCUT2D eigenvalue weighted by molar-refractivity contribution is 5.79. The number of ether oxygens (including phenoxy) is 1. The van der Waals surface area contributed by atoms with Crippen molar-refractivity contribution in [3.8, 4) is 0 Å². The van der Waals surface area contributed by atoms with Gasteiger partial charge in [-0.15, -0.1) is 0 Å². The van der Waals surface area contributed by atoms with Crippen molar-refractivity contribution < 1.29 is 13.9 Å². The molecule has 1 amide bonds. The van der Waals surface area contributed by atoms with Gasteiger partial charge in [0.15, 0.2) is 0 Å². The van der Waals surface area contributed by atoms with Crippen molar-refractivity contribution in [2.45, 2.75) is 45.7 Å². The van der Waals surface area contributed by atoms with E-state index >= 15 is 0 Å². The molecule has 2 aliphatic heterocycles. The standard InChI is InChI=1S/C21H31FN2O2/c1-16(2)20-15-24(21(25)18-8-12-26-13-9-18)11-3-10-23(20)14-17-4-6-19(22)7-5-17/h4-7,16,18,20H,3,8-15H2,1-2H3/t20-/m1/s1. The Morgan fingerprint density at radius 1 is 1.19 bits per heavy atom. The third-order valence-corrected chi connectivity index (χ3v) is 5.70. The lowest BCUT2D eigenvalue weighted by Crippen LogP contribution is -2.47. The maximum Gasteiger partial charge on any atom is 0.225 e. The lowest BCUT2D eigenvalue weighted by Gasteiger charge is -2.36. The predicted octanol–water partition coefficient (Wildman–Crippen LogP) is 3.31. The quantitative estimate of drug-likeness (QED) is 0.824. The number of carbonyl (C=O) groups excluding carboxylic acids is 1. The summed E-state index contributed by atoms with van der Waals surface area (Å²) >= 11 is 0. The summed E-state index contributed by atoms with van der Waals surface area (Å²) < 4.78 is 18.6. The molecule has 0 aromatic heterocycles. The van der Waals surface area contributed by atoms with E-state index in [1.54, 1.807) is 0 Å². The number of rotatable bonds is 4. The summed E-state index contributed by atoms with van der Waals surface area (Å²) in [6.45, 7) is 9.26. The first-order valence-corrected chi connectivity index (χ1v) is 9.89. The van der Waals surface area contributed by atoms with Crippen molar-refractivity contribution in [1.82, 2.24) is 9.80 Å². The monoisotopic (exact) mass is 362 g/mol. The highest BCUT2D eigenvalue weighted by Crippen LogP contribution is 2.24. The van der Waals surface area contributed by atoms with Gasteiger partial charge in [0.2, 0.25) is 5.91 Å². The molecule has 3 rings (SSSR count). The largest absolute Gasteiger partial charge is 0.381 e. The van der Waals surface area contributed by atoms with Crippen LogP contribution in [-0.4, -0.2) is 54.6 Å². The van der Waals surface area contributed by atoms with Gasteiger partial charge < -0.3 is 9.64 Å². The minimum absolute atomic E-state index is 0.125. The Bertz CT molecular complexity index is 584. The van der Waals surface area contributed by atoms with E-state index in [4.69, 9.17) is 4.74 Å². The number of hydrogen-bond acceptors (Lipinski definition) is 3. The van der Waals surface area contributed by atoms with Crippen LogP contribution in [0.2, 0.25) is 0 Å². The zero-order valence-corrected chi connectivity index (χ0v) is 16.0. The highest BCUT2D eigenvalue weighted by Gasteiger charge is 2.32. The number of carbonyl (C=O) groups is 1. The van der Waals surface area contributed by atoms with Gasteiger partial charge in [-0.1, -0.05) is 26.0 Å². The molecule has 1 aromatic rings. The second kappa shape index (κ2) is 8.96. The van der Waals surface area contributed by atoms with Crippen LogP contribution in [0.4, 0.5) is 4.39 Å². The fraction of sp³-hybridized carbons (Fsp3) is 0.667. The number of benzene rings is 1. The van der Waals surface area contributed by atoms with Crippen LogP contribution in [0.25, 0.3) is 0 Å². The smallest absolute Gasteiger partial charge is 0.225 e. The first-order chi connectivity index (χ1) is 12.5. The topological polar surface area (TPSA) is 32.8 Å². The fourth-order valence-corrected chi connectivity index (χ4v) is 4.12. The summed E-state index contributed by atoms with van der Waals surface area (Å²) in [6.07, 6.45) is 2.68. The molecule has 1 atom stereocenters. The first-order valence-electron chi connectivity index (χ1n) is 9.89. The van der Waals surface area contributed by atoms with Gasteiger partial charge in [-0.3, -0.25) is 9.69 Å². The van der Waals surface area contributed by atoms with E-state index in [-0.39, 0.29) is 11.7 Å². The Balaban J connectivity index is 1.68. The molecular formula is C21H31FN2O2. The molecule has 2 fully saturated rings. The molecule has 144 valence electrons. The Kier molecular flexibility index (Phi) is 6.65. The van der Waals surface area contributed by atoms with Crippen LogP contribution in [0, 0.1) is 17.7 Å². The molecule has 0 spiro atoms. The average molecular weight is 362 g/mol. The molecule has 2 saturated heterocycles. The number of halogens is 1. The Morgan fingerprint density at radius 2 is 1.88 bits per heavy atom. The van der Waals surface area contributed by atoms with E-state index < -0.39 is 0 Å². The summed E-state index contributed by atoms with van der Waals surface area (Å²) in [5.74, 6) is 0.694. The average Bonchev–Trinajstić information content (AvgIpc) is 2.86. The van der Waals surface area contributed by atoms with Crippen molar-refractivity contribution in [3.05, 3.63) is 35.6 Å². The third kappa shape index (κ3) is 4.83. The minimum Gasteiger partial charge on any atom is -0.381 e. The molecule has 0 bridgehead atoms. The van der Waals surface area contributed by atoms with Crippen molar-refractivity contribution >= 4 is 5.91 Å². The van der Waals surface area contributed by atoms with Crippen LogP contribution in [0.1, 0.15) is 38.7 Å². The molecule has 5 heteroatoms. The summed E-state index contributed by atoms with van der Waals surface area (Å²) in [5, 5.41) is 0. The maximum atomic E-state index is 13.2. The highest BCUT2D eigenvalue weighted by atomic mass is 19.1. The zero-order chi connectivity index (χ0) is 18.5. The molecule has 26 heavy (non-hydrogen) atoms. The predicted molar refractivity (Wildman–Crippen MR) is 100 cm³/mol. The van der Waals surface area contributed by atoms with E-state index in [1.807, 2.05) is 12.1 Å². The van der Waals surface area contributed by atoms with Crippen LogP contribution in [0.3, 0.4) is 0 Å². The molecule has 0 saturated carbocycles. The van der Waals surface area contributed by atoms with Crippen molar-refractivity contribution in [2.24, 2.45) is 11.8 Å². The van der Waals surface area contributed by atoms with Crippen LogP contribution in [-0.2, 0) is 16.1 Å². The van der Waals surface area contributed by atoms with Gasteiger partial charge in [-0.2, -0.15) is 0 Å². The van der Waals surface area contributed by atoms with Crippen LogP contribution < -0.4 is 0 Å². The van der Waals surface area contributed by atoms with Crippen LogP contribution >= 0.6 is 0 Å². The number of nitrogens with zero attached hydrogens (tertiary/aromatic N) is 2. The van der Waals surface area contributed by atoms with Gasteiger partial charge in [0.1, 0.15) is 5.82 Å². The van der Waals surface area contributed by atoms with E-state index in [0.717, 1.165) is 51.0 Å². The molecule has 0 aliphatic carbocycles. The SMILES string of the molecule is CC(C)[C@H]1CN(C(=O)C2CCOCC2)CCCN1Cc1ccc(F)cc1. The van der Waals surface area contributed by atoms with Gasteiger partial charge in [-0.25, -0.2) is 4.39 Å². The Labute approximate surface area is 156 Å². The summed E-state index contributed by atoms with van der Waals surface area (Å²) in [5.41, 5.74) is 1.13. The van der Waals surface area contributed by atoms with E-state index in [1.165, 1.54) is 12.1 Å². The lowest BCUT2D eigenvalue weighted by atomic mass is 9.97.